The van der Waals surface area contributed by atoms with Crippen molar-refractivity contribution >= 4 is 28.9 Å². The average molecular weight is 866 g/mol. The molecule has 3 atom stereocenters. The number of aromatic nitrogens is 1. The summed E-state index contributed by atoms with van der Waals surface area (Å²) in [4.78, 5) is 55.4. The van der Waals surface area contributed by atoms with Crippen molar-refractivity contribution in [3.05, 3.63) is 177 Å². The fourth-order valence-corrected chi connectivity index (χ4v) is 8.31. The molecule has 2 amide bonds. The second-order valence-electron chi connectivity index (χ2n) is 16.1. The zero-order valence-electron chi connectivity index (χ0n) is 35.2. The van der Waals surface area contributed by atoms with Gasteiger partial charge in [0.2, 0.25) is 5.56 Å². The van der Waals surface area contributed by atoms with Crippen LogP contribution in [0.4, 0.5) is 4.79 Å². The Kier molecular flexibility index (Phi) is 13.9. The lowest BCUT2D eigenvalue weighted by atomic mass is 9.86. The molecule has 2 bridgehead atoms. The number of carbonyl (C=O) groups is 3. The van der Waals surface area contributed by atoms with Crippen molar-refractivity contribution in [2.45, 2.75) is 44.2 Å². The van der Waals surface area contributed by atoms with Crippen LogP contribution >= 0.6 is 0 Å². The normalized spacial score (nSPS) is 17.5. The number of nitrogens with zero attached hydrogens (tertiary/aromatic N) is 1. The number of rotatable bonds is 17. The molecule has 6 N–H and O–H groups in total. The first-order chi connectivity index (χ1) is 31.2. The molecule has 3 fully saturated rings. The molecular weight excluding hydrogens is 815 g/mol. The van der Waals surface area contributed by atoms with Gasteiger partial charge in [-0.05, 0) is 108 Å². The summed E-state index contributed by atoms with van der Waals surface area (Å²) in [7, 11) is 0. The topological polar surface area (TPSA) is 192 Å². The van der Waals surface area contributed by atoms with E-state index < -0.39 is 24.2 Å². The molecule has 3 aliphatic heterocycles. The standard InChI is InChI=1S/C50H51N5O9/c56-42-19-17-40(41-18-20-45(58)53-47(41)42)43(57)29-51-28-32-9-13-36(14-10-32)48(59)52-23-26-62-49(60)37-15-11-33(12-16-37)31-63-39-8-4-7-38(27-39)46(35-5-2-1-3-6-35)54-50(61)64-44-30-55-24-21-34(44)22-25-55/h1-20,27,34,43-44,46,51,56-57H,21-26,28-31H2,(H,52,59)(H,53,58)(H,54,61)/t43-,44+,46-/m0/s1. The predicted molar refractivity (Wildman–Crippen MR) is 240 cm³/mol. The third kappa shape index (κ3) is 11.0. The summed E-state index contributed by atoms with van der Waals surface area (Å²) in [5, 5.41) is 30.5. The van der Waals surface area contributed by atoms with Crippen molar-refractivity contribution in [3.8, 4) is 11.5 Å². The number of hydrogen-bond donors (Lipinski definition) is 6. The van der Waals surface area contributed by atoms with E-state index in [9.17, 15) is 29.4 Å². The molecule has 0 unspecified atom stereocenters. The lowest BCUT2D eigenvalue weighted by Gasteiger charge is -2.43. The highest BCUT2D eigenvalue weighted by Gasteiger charge is 2.37. The van der Waals surface area contributed by atoms with Crippen LogP contribution in [0.3, 0.4) is 0 Å². The first-order valence-corrected chi connectivity index (χ1v) is 21.5. The fourth-order valence-electron chi connectivity index (χ4n) is 8.31. The van der Waals surface area contributed by atoms with Crippen molar-refractivity contribution in [3.63, 3.8) is 0 Å². The number of aliphatic hydroxyl groups excluding tert-OH is 1. The second kappa shape index (κ2) is 20.5. The van der Waals surface area contributed by atoms with Gasteiger partial charge in [0.1, 0.15) is 30.8 Å². The zero-order chi connectivity index (χ0) is 44.4. The maximum atomic E-state index is 13.2. The number of amides is 2. The smallest absolute Gasteiger partial charge is 0.408 e. The number of aromatic amines is 1. The maximum Gasteiger partial charge on any atom is 0.408 e. The number of hydrogen-bond acceptors (Lipinski definition) is 11. The number of pyridine rings is 1. The number of piperidine rings is 3. The number of phenols is 1. The summed E-state index contributed by atoms with van der Waals surface area (Å²) in [5.41, 5.74) is 4.80. The number of alkyl carbamates (subject to hydrolysis) is 1. The molecule has 3 aliphatic rings. The third-order valence-electron chi connectivity index (χ3n) is 11.8. The summed E-state index contributed by atoms with van der Waals surface area (Å²) in [6.45, 7) is 3.92. The second-order valence-corrected chi connectivity index (χ2v) is 16.1. The Morgan fingerprint density at radius 1 is 0.812 bits per heavy atom. The molecule has 14 nitrogen and oxygen atoms in total. The van der Waals surface area contributed by atoms with E-state index >= 15 is 0 Å². The van der Waals surface area contributed by atoms with Gasteiger partial charge in [0.25, 0.3) is 5.91 Å². The lowest BCUT2D eigenvalue weighted by molar-refractivity contribution is -0.0336. The van der Waals surface area contributed by atoms with E-state index in [2.05, 4.69) is 25.8 Å². The summed E-state index contributed by atoms with van der Waals surface area (Å²) in [5.74, 6) is 0.127. The summed E-state index contributed by atoms with van der Waals surface area (Å²) >= 11 is 0. The summed E-state index contributed by atoms with van der Waals surface area (Å²) in [6, 6.07) is 36.8. The van der Waals surface area contributed by atoms with E-state index in [1.165, 1.54) is 12.1 Å². The molecule has 3 saturated heterocycles. The molecule has 330 valence electrons. The van der Waals surface area contributed by atoms with Crippen molar-refractivity contribution in [1.29, 1.82) is 0 Å². The number of fused-ring (bicyclic) bond motifs is 4. The van der Waals surface area contributed by atoms with Gasteiger partial charge in [-0.1, -0.05) is 72.8 Å². The van der Waals surface area contributed by atoms with Crippen LogP contribution in [-0.2, 0) is 22.6 Å². The number of esters is 1. The summed E-state index contributed by atoms with van der Waals surface area (Å²) in [6.07, 6.45) is 0.678. The predicted octanol–water partition coefficient (Wildman–Crippen LogP) is 6.13. The van der Waals surface area contributed by atoms with Gasteiger partial charge in [0, 0.05) is 36.7 Å². The fraction of sp³-hybridized carbons (Fsp3) is 0.280. The average Bonchev–Trinajstić information content (AvgIpc) is 3.32. The van der Waals surface area contributed by atoms with Crippen molar-refractivity contribution in [2.24, 2.45) is 5.92 Å². The Bertz CT molecular complexity index is 2610. The van der Waals surface area contributed by atoms with Gasteiger partial charge in [-0.25, -0.2) is 9.59 Å². The molecule has 5 aromatic carbocycles. The van der Waals surface area contributed by atoms with Crippen LogP contribution in [0.25, 0.3) is 10.9 Å². The minimum absolute atomic E-state index is 0.0151. The lowest BCUT2D eigenvalue weighted by Crippen LogP contribution is -2.52. The van der Waals surface area contributed by atoms with E-state index in [1.807, 2.05) is 54.6 Å². The molecule has 0 radical (unpaired) electrons. The first kappa shape index (κ1) is 43.6. The number of phenolic OH excluding ortho intramolecular Hbond substituents is 1. The van der Waals surface area contributed by atoms with Crippen LogP contribution in [0.1, 0.15) is 73.5 Å². The number of benzene rings is 5. The number of aromatic hydroxyl groups is 1. The molecule has 0 spiro atoms. The van der Waals surface area contributed by atoms with Crippen molar-refractivity contribution in [1.82, 2.24) is 25.8 Å². The Hall–Kier alpha value is -7.00. The molecule has 1 aromatic heterocycles. The molecule has 14 heteroatoms. The monoisotopic (exact) mass is 865 g/mol. The number of H-pyrrole nitrogens is 1. The Balaban J connectivity index is 0.758. The van der Waals surface area contributed by atoms with E-state index in [4.69, 9.17) is 14.2 Å². The Morgan fingerprint density at radius 3 is 2.30 bits per heavy atom. The highest BCUT2D eigenvalue weighted by molar-refractivity contribution is 5.94. The van der Waals surface area contributed by atoms with Crippen molar-refractivity contribution < 1.29 is 38.8 Å². The maximum absolute atomic E-state index is 13.2. The number of nitrogens with one attached hydrogen (secondary N) is 4. The van der Waals surface area contributed by atoms with Gasteiger partial charge >= 0.3 is 12.1 Å². The quantitative estimate of drug-likeness (QED) is 0.0457. The highest BCUT2D eigenvalue weighted by atomic mass is 16.6. The van der Waals surface area contributed by atoms with Crippen LogP contribution in [0.5, 0.6) is 11.5 Å². The largest absolute Gasteiger partial charge is 0.506 e. The van der Waals surface area contributed by atoms with E-state index in [0.717, 1.165) is 54.7 Å². The van der Waals surface area contributed by atoms with E-state index in [-0.39, 0.29) is 55.1 Å². The van der Waals surface area contributed by atoms with Crippen LogP contribution < -0.4 is 26.2 Å². The first-order valence-electron chi connectivity index (χ1n) is 21.5. The summed E-state index contributed by atoms with van der Waals surface area (Å²) < 4.78 is 17.5. The molecule has 0 aliphatic carbocycles. The molecule has 64 heavy (non-hydrogen) atoms. The Morgan fingerprint density at radius 2 is 1.55 bits per heavy atom. The van der Waals surface area contributed by atoms with Crippen LogP contribution in [0, 0.1) is 5.92 Å². The minimum Gasteiger partial charge on any atom is -0.506 e. The minimum atomic E-state index is -0.897. The molecule has 0 saturated carbocycles. The van der Waals surface area contributed by atoms with E-state index in [1.54, 1.807) is 60.7 Å². The van der Waals surface area contributed by atoms with Crippen LogP contribution in [-0.4, -0.2) is 83.5 Å². The van der Waals surface area contributed by atoms with Crippen LogP contribution in [0.15, 0.2) is 132 Å². The SMILES string of the molecule is O=C(N[C@@H](c1ccccc1)c1cccc(OCc2ccc(C(=O)OCCNC(=O)c3ccc(CNC[C@H](O)c4ccc(O)c5[nH]c(=O)ccc45)cc3)cc2)c1)O[C@@H]1CN2CCC1CC2. The van der Waals surface area contributed by atoms with E-state index in [0.29, 0.717) is 40.3 Å². The molecular formula is C50H51N5O9. The zero-order valence-corrected chi connectivity index (χ0v) is 35.2. The molecule has 9 rings (SSSR count). The van der Waals surface area contributed by atoms with Gasteiger partial charge < -0.3 is 45.4 Å². The molecule has 6 aromatic rings. The Labute approximate surface area is 370 Å². The number of carbonyl (C=O) groups excluding carboxylic acids is 3. The number of aliphatic hydroxyl groups is 1. The van der Waals surface area contributed by atoms with Gasteiger partial charge in [-0.15, -0.1) is 0 Å². The van der Waals surface area contributed by atoms with Gasteiger partial charge in [0.05, 0.1) is 29.8 Å². The van der Waals surface area contributed by atoms with Gasteiger partial charge in [-0.2, -0.15) is 0 Å². The highest BCUT2D eigenvalue weighted by Crippen LogP contribution is 2.31. The van der Waals surface area contributed by atoms with Gasteiger partial charge in [0.15, 0.2) is 0 Å². The molecule has 4 heterocycles. The van der Waals surface area contributed by atoms with Crippen molar-refractivity contribution in [2.75, 3.05) is 39.3 Å². The number of ether oxygens (including phenoxy) is 3. The third-order valence-corrected chi connectivity index (χ3v) is 11.8. The van der Waals surface area contributed by atoms with Crippen LogP contribution in [0.2, 0.25) is 0 Å². The van der Waals surface area contributed by atoms with Gasteiger partial charge in [-0.3, -0.25) is 14.5 Å².